The molecule has 1 aromatic rings. The van der Waals surface area contributed by atoms with Gasteiger partial charge in [0, 0.05) is 5.33 Å². The molecule has 23 heavy (non-hydrogen) atoms. The zero-order chi connectivity index (χ0) is 16.3. The second kappa shape index (κ2) is 11.1. The van der Waals surface area contributed by atoms with Crippen LogP contribution in [-0.2, 0) is 0 Å². The van der Waals surface area contributed by atoms with E-state index in [0.717, 1.165) is 35.9 Å². The summed E-state index contributed by atoms with van der Waals surface area (Å²) in [4.78, 5) is 0. The fourth-order valence-corrected chi connectivity index (χ4v) is 4.17. The summed E-state index contributed by atoms with van der Waals surface area (Å²) in [6.45, 7) is 3.16. The Bertz CT molecular complexity index is 406. The third-order valence-electron chi connectivity index (χ3n) is 5.19. The average Bonchev–Trinajstić information content (AvgIpc) is 2.60. The smallest absolute Gasteiger partial charge is 0.119 e. The van der Waals surface area contributed by atoms with E-state index in [9.17, 15) is 0 Å². The van der Waals surface area contributed by atoms with Gasteiger partial charge in [0.2, 0.25) is 0 Å². The molecule has 0 amide bonds. The largest absolute Gasteiger partial charge is 0.494 e. The van der Waals surface area contributed by atoms with Crippen molar-refractivity contribution in [1.82, 2.24) is 0 Å². The van der Waals surface area contributed by atoms with Gasteiger partial charge < -0.3 is 4.74 Å². The number of benzene rings is 1. The molecule has 1 aliphatic carbocycles. The molecule has 2 heteroatoms. The van der Waals surface area contributed by atoms with Gasteiger partial charge in [-0.1, -0.05) is 60.7 Å². The number of alkyl halides is 1. The van der Waals surface area contributed by atoms with Crippen molar-refractivity contribution in [2.24, 2.45) is 5.92 Å². The minimum atomic E-state index is 0.779. The first-order chi connectivity index (χ1) is 11.3. The monoisotopic (exact) mass is 380 g/mol. The maximum atomic E-state index is 5.87. The summed E-state index contributed by atoms with van der Waals surface area (Å²) in [6.07, 6.45) is 13.4. The minimum Gasteiger partial charge on any atom is -0.494 e. The Hall–Kier alpha value is -0.500. The molecule has 0 bridgehead atoms. The fourth-order valence-electron chi connectivity index (χ4n) is 3.77. The van der Waals surface area contributed by atoms with Crippen molar-refractivity contribution in [3.05, 3.63) is 29.8 Å². The van der Waals surface area contributed by atoms with E-state index in [1.807, 2.05) is 0 Å². The molecule has 1 aliphatic rings. The molecule has 0 radical (unpaired) electrons. The molecule has 1 saturated carbocycles. The topological polar surface area (TPSA) is 9.23 Å². The second-order valence-corrected chi connectivity index (χ2v) is 7.82. The number of hydrogen-bond donors (Lipinski definition) is 0. The molecule has 0 aromatic heterocycles. The summed E-state index contributed by atoms with van der Waals surface area (Å²) in [5.41, 5.74) is 1.52. The quantitative estimate of drug-likeness (QED) is 0.310. The lowest BCUT2D eigenvalue weighted by Gasteiger charge is -2.28. The number of ether oxygens (including phenoxy) is 1. The lowest BCUT2D eigenvalue weighted by molar-refractivity contribution is 0.302. The highest BCUT2D eigenvalue weighted by Gasteiger charge is 2.21. The maximum absolute atomic E-state index is 5.87. The van der Waals surface area contributed by atoms with Gasteiger partial charge in [-0.05, 0) is 68.1 Å². The van der Waals surface area contributed by atoms with Crippen molar-refractivity contribution >= 4 is 15.9 Å². The van der Waals surface area contributed by atoms with Gasteiger partial charge in [-0.3, -0.25) is 0 Å². The van der Waals surface area contributed by atoms with Crippen LogP contribution in [0.2, 0.25) is 0 Å². The van der Waals surface area contributed by atoms with Gasteiger partial charge in [-0.15, -0.1) is 0 Å². The van der Waals surface area contributed by atoms with Gasteiger partial charge in [-0.2, -0.15) is 0 Å². The standard InChI is InChI=1S/C21H33BrO/c1-2-7-18-8-10-19(11-9-18)20-12-14-21(15-13-20)23-17-6-4-3-5-16-22/h12-15,18-19H,2-11,16-17H2,1H3/t18-,19-. The Morgan fingerprint density at radius 1 is 0.957 bits per heavy atom. The lowest BCUT2D eigenvalue weighted by atomic mass is 9.77. The van der Waals surface area contributed by atoms with E-state index in [1.54, 1.807) is 0 Å². The number of rotatable bonds is 10. The van der Waals surface area contributed by atoms with Gasteiger partial charge in [0.1, 0.15) is 5.75 Å². The van der Waals surface area contributed by atoms with Crippen LogP contribution in [0.15, 0.2) is 24.3 Å². The first kappa shape index (κ1) is 18.8. The molecule has 0 unspecified atom stereocenters. The van der Waals surface area contributed by atoms with Gasteiger partial charge in [-0.25, -0.2) is 0 Å². The van der Waals surface area contributed by atoms with E-state index >= 15 is 0 Å². The molecule has 1 aromatic carbocycles. The lowest BCUT2D eigenvalue weighted by Crippen LogP contribution is -2.13. The van der Waals surface area contributed by atoms with Crippen LogP contribution < -0.4 is 4.74 Å². The van der Waals surface area contributed by atoms with E-state index in [0.29, 0.717) is 0 Å². The van der Waals surface area contributed by atoms with Crippen LogP contribution >= 0.6 is 15.9 Å². The molecule has 130 valence electrons. The Kier molecular flexibility index (Phi) is 9.11. The summed E-state index contributed by atoms with van der Waals surface area (Å²) in [7, 11) is 0. The first-order valence-corrected chi connectivity index (χ1v) is 10.7. The van der Waals surface area contributed by atoms with Crippen LogP contribution in [0.4, 0.5) is 0 Å². The summed E-state index contributed by atoms with van der Waals surface area (Å²) in [5, 5.41) is 1.12. The first-order valence-electron chi connectivity index (χ1n) is 9.62. The molecule has 1 fully saturated rings. The average molecular weight is 381 g/mol. The van der Waals surface area contributed by atoms with E-state index in [2.05, 4.69) is 47.1 Å². The normalized spacial score (nSPS) is 21.3. The molecule has 0 aliphatic heterocycles. The van der Waals surface area contributed by atoms with Gasteiger partial charge in [0.25, 0.3) is 0 Å². The van der Waals surface area contributed by atoms with E-state index in [-0.39, 0.29) is 0 Å². The number of unbranched alkanes of at least 4 members (excludes halogenated alkanes) is 3. The van der Waals surface area contributed by atoms with Crippen molar-refractivity contribution in [3.63, 3.8) is 0 Å². The molecule has 0 heterocycles. The second-order valence-electron chi connectivity index (χ2n) is 7.03. The molecule has 0 saturated heterocycles. The fraction of sp³-hybridized carbons (Fsp3) is 0.714. The highest BCUT2D eigenvalue weighted by Crippen LogP contribution is 2.37. The van der Waals surface area contributed by atoms with E-state index in [1.165, 1.54) is 63.4 Å². The molecule has 0 spiro atoms. The molecule has 0 atom stereocenters. The van der Waals surface area contributed by atoms with Gasteiger partial charge >= 0.3 is 0 Å². The molecule has 1 nitrogen and oxygen atoms in total. The predicted octanol–water partition coefficient (Wildman–Crippen LogP) is 7.09. The predicted molar refractivity (Wildman–Crippen MR) is 104 cm³/mol. The van der Waals surface area contributed by atoms with Crippen LogP contribution in [0.1, 0.15) is 82.6 Å². The van der Waals surface area contributed by atoms with Crippen molar-refractivity contribution in [2.75, 3.05) is 11.9 Å². The van der Waals surface area contributed by atoms with Crippen molar-refractivity contribution < 1.29 is 4.74 Å². The molecular weight excluding hydrogens is 348 g/mol. The summed E-state index contributed by atoms with van der Waals surface area (Å²) in [6, 6.07) is 8.94. The molecular formula is C21H33BrO. The molecule has 2 rings (SSSR count). The SMILES string of the molecule is CCC[C@H]1CC[C@H](c2ccc(OCCCCCCBr)cc2)CC1. The van der Waals surface area contributed by atoms with Crippen LogP contribution in [0.25, 0.3) is 0 Å². The summed E-state index contributed by atoms with van der Waals surface area (Å²) in [5.74, 6) is 2.80. The third kappa shape index (κ3) is 6.87. The summed E-state index contributed by atoms with van der Waals surface area (Å²) < 4.78 is 5.87. The summed E-state index contributed by atoms with van der Waals surface area (Å²) >= 11 is 3.47. The minimum absolute atomic E-state index is 0.779. The molecule has 0 N–H and O–H groups in total. The number of hydrogen-bond acceptors (Lipinski definition) is 1. The van der Waals surface area contributed by atoms with E-state index in [4.69, 9.17) is 4.74 Å². The Morgan fingerprint density at radius 2 is 1.65 bits per heavy atom. The Balaban J connectivity index is 1.68. The highest BCUT2D eigenvalue weighted by molar-refractivity contribution is 9.09. The Labute approximate surface area is 151 Å². The van der Waals surface area contributed by atoms with Gasteiger partial charge in [0.15, 0.2) is 0 Å². The highest BCUT2D eigenvalue weighted by atomic mass is 79.9. The van der Waals surface area contributed by atoms with Crippen LogP contribution in [0.3, 0.4) is 0 Å². The van der Waals surface area contributed by atoms with Gasteiger partial charge in [0.05, 0.1) is 6.61 Å². The van der Waals surface area contributed by atoms with Crippen molar-refractivity contribution in [1.29, 1.82) is 0 Å². The third-order valence-corrected chi connectivity index (χ3v) is 5.75. The zero-order valence-electron chi connectivity index (χ0n) is 14.7. The van der Waals surface area contributed by atoms with Crippen LogP contribution in [0.5, 0.6) is 5.75 Å². The van der Waals surface area contributed by atoms with E-state index < -0.39 is 0 Å². The van der Waals surface area contributed by atoms with Crippen LogP contribution in [-0.4, -0.2) is 11.9 Å². The van der Waals surface area contributed by atoms with Crippen molar-refractivity contribution in [3.8, 4) is 5.75 Å². The number of halogens is 1. The van der Waals surface area contributed by atoms with Crippen LogP contribution in [0, 0.1) is 5.92 Å². The van der Waals surface area contributed by atoms with Crippen molar-refractivity contribution in [2.45, 2.75) is 77.0 Å². The Morgan fingerprint density at radius 3 is 2.30 bits per heavy atom. The zero-order valence-corrected chi connectivity index (χ0v) is 16.3. The maximum Gasteiger partial charge on any atom is 0.119 e.